The average Bonchev–Trinajstić information content (AvgIpc) is 2.10. The molecule has 1 rings (SSSR count). The summed E-state index contributed by atoms with van der Waals surface area (Å²) < 4.78 is 0. The van der Waals surface area contributed by atoms with Crippen LogP contribution in [0, 0.1) is 5.92 Å². The van der Waals surface area contributed by atoms with Gasteiger partial charge in [-0.3, -0.25) is 0 Å². The van der Waals surface area contributed by atoms with E-state index >= 15 is 0 Å². The van der Waals surface area contributed by atoms with Gasteiger partial charge in [-0.15, -0.1) is 0 Å². The van der Waals surface area contributed by atoms with E-state index in [0.717, 1.165) is 6.07 Å². The van der Waals surface area contributed by atoms with Gasteiger partial charge in [-0.05, 0) is 12.0 Å². The Labute approximate surface area is 82.6 Å². The second-order valence-corrected chi connectivity index (χ2v) is 3.67. The fourth-order valence-corrected chi connectivity index (χ4v) is 1.21. The van der Waals surface area contributed by atoms with E-state index in [9.17, 15) is 10.2 Å². The van der Waals surface area contributed by atoms with E-state index in [1.165, 1.54) is 6.07 Å². The third-order valence-electron chi connectivity index (χ3n) is 2.20. The molecule has 78 valence electrons. The summed E-state index contributed by atoms with van der Waals surface area (Å²) in [5.41, 5.74) is 6.24. The first kappa shape index (κ1) is 10.7. The molecule has 0 fully saturated rings. The highest BCUT2D eigenvalue weighted by Crippen LogP contribution is 2.36. The molecule has 5 N–H and O–H groups in total. The number of phenols is 3. The Morgan fingerprint density at radius 3 is 2.00 bits per heavy atom. The molecule has 0 saturated carbocycles. The molecule has 1 atom stereocenters. The zero-order valence-electron chi connectivity index (χ0n) is 8.23. The van der Waals surface area contributed by atoms with Gasteiger partial charge in [-0.1, -0.05) is 13.8 Å². The second kappa shape index (κ2) is 3.75. The fourth-order valence-electron chi connectivity index (χ4n) is 1.21. The normalized spacial score (nSPS) is 13.1. The first-order valence-electron chi connectivity index (χ1n) is 4.44. The van der Waals surface area contributed by atoms with Crippen molar-refractivity contribution < 1.29 is 15.3 Å². The van der Waals surface area contributed by atoms with Crippen molar-refractivity contribution in [2.75, 3.05) is 0 Å². The van der Waals surface area contributed by atoms with Crippen LogP contribution in [0.5, 0.6) is 17.2 Å². The van der Waals surface area contributed by atoms with Crippen LogP contribution < -0.4 is 5.73 Å². The standard InChI is InChI=1S/C10H15NO3/c1-5(2)10(11)6-3-8(13)9(14)4-7(6)12/h3-5,10,12-14H,11H2,1-2H3/t10-/m1/s1. The number of hydrogen-bond acceptors (Lipinski definition) is 4. The minimum Gasteiger partial charge on any atom is -0.507 e. The number of aromatic hydroxyl groups is 3. The number of nitrogens with two attached hydrogens (primary N) is 1. The van der Waals surface area contributed by atoms with E-state index in [1.807, 2.05) is 13.8 Å². The van der Waals surface area contributed by atoms with Gasteiger partial charge in [-0.25, -0.2) is 0 Å². The number of hydrogen-bond donors (Lipinski definition) is 4. The molecular formula is C10H15NO3. The average molecular weight is 197 g/mol. The zero-order chi connectivity index (χ0) is 10.9. The minimum atomic E-state index is -0.360. The van der Waals surface area contributed by atoms with Crippen molar-refractivity contribution in [3.05, 3.63) is 17.7 Å². The molecule has 0 unspecified atom stereocenters. The van der Waals surface area contributed by atoms with Crippen LogP contribution in [0.1, 0.15) is 25.5 Å². The second-order valence-electron chi connectivity index (χ2n) is 3.67. The molecular weight excluding hydrogens is 182 g/mol. The van der Waals surface area contributed by atoms with Crippen LogP contribution >= 0.6 is 0 Å². The number of rotatable bonds is 2. The van der Waals surface area contributed by atoms with Crippen LogP contribution in [-0.2, 0) is 0 Å². The summed E-state index contributed by atoms with van der Waals surface area (Å²) >= 11 is 0. The molecule has 0 spiro atoms. The smallest absolute Gasteiger partial charge is 0.161 e. The summed E-state index contributed by atoms with van der Waals surface area (Å²) in [6.07, 6.45) is 0. The topological polar surface area (TPSA) is 86.7 Å². The quantitative estimate of drug-likeness (QED) is 0.427. The van der Waals surface area contributed by atoms with Crippen molar-refractivity contribution in [3.63, 3.8) is 0 Å². The van der Waals surface area contributed by atoms with Gasteiger partial charge < -0.3 is 21.1 Å². The molecule has 0 amide bonds. The van der Waals surface area contributed by atoms with Crippen LogP contribution in [0.15, 0.2) is 12.1 Å². The molecule has 1 aromatic carbocycles. The highest BCUT2D eigenvalue weighted by Gasteiger charge is 2.16. The number of benzene rings is 1. The molecule has 0 bridgehead atoms. The predicted molar refractivity (Wildman–Crippen MR) is 53.2 cm³/mol. The lowest BCUT2D eigenvalue weighted by atomic mass is 9.96. The molecule has 1 aromatic rings. The molecule has 0 aliphatic heterocycles. The van der Waals surface area contributed by atoms with Crippen LogP contribution in [-0.4, -0.2) is 15.3 Å². The molecule has 0 saturated heterocycles. The van der Waals surface area contributed by atoms with Crippen molar-refractivity contribution >= 4 is 0 Å². The highest BCUT2D eigenvalue weighted by atomic mass is 16.3. The highest BCUT2D eigenvalue weighted by molar-refractivity contribution is 5.49. The Hall–Kier alpha value is -1.42. The lowest BCUT2D eigenvalue weighted by Crippen LogP contribution is -2.16. The van der Waals surface area contributed by atoms with E-state index in [1.54, 1.807) is 0 Å². The Kier molecular flexibility index (Phi) is 2.86. The van der Waals surface area contributed by atoms with E-state index in [4.69, 9.17) is 10.8 Å². The van der Waals surface area contributed by atoms with Gasteiger partial charge in [0.1, 0.15) is 5.75 Å². The van der Waals surface area contributed by atoms with Gasteiger partial charge in [0, 0.05) is 17.7 Å². The van der Waals surface area contributed by atoms with Gasteiger partial charge >= 0.3 is 0 Å². The molecule has 4 heteroatoms. The van der Waals surface area contributed by atoms with Crippen molar-refractivity contribution in [2.24, 2.45) is 11.7 Å². The summed E-state index contributed by atoms with van der Waals surface area (Å²) in [5.74, 6) is -0.567. The van der Waals surface area contributed by atoms with Gasteiger partial charge in [0.15, 0.2) is 11.5 Å². The Morgan fingerprint density at radius 2 is 1.50 bits per heavy atom. The summed E-state index contributed by atoms with van der Waals surface area (Å²) in [6.45, 7) is 3.82. The zero-order valence-corrected chi connectivity index (χ0v) is 8.23. The van der Waals surface area contributed by atoms with Crippen LogP contribution in [0.2, 0.25) is 0 Å². The van der Waals surface area contributed by atoms with Gasteiger partial charge in [0.2, 0.25) is 0 Å². The molecule has 0 radical (unpaired) electrons. The summed E-state index contributed by atoms with van der Waals surface area (Å²) in [7, 11) is 0. The summed E-state index contributed by atoms with van der Waals surface area (Å²) in [5, 5.41) is 27.8. The maximum atomic E-state index is 9.48. The monoisotopic (exact) mass is 197 g/mol. The predicted octanol–water partition coefficient (Wildman–Crippen LogP) is 1.46. The molecule has 0 aliphatic carbocycles. The lowest BCUT2D eigenvalue weighted by molar-refractivity contribution is 0.388. The van der Waals surface area contributed by atoms with E-state index in [2.05, 4.69) is 0 Å². The summed E-state index contributed by atoms with van der Waals surface area (Å²) in [4.78, 5) is 0. The van der Waals surface area contributed by atoms with Gasteiger partial charge in [0.05, 0.1) is 0 Å². The fraction of sp³-hybridized carbons (Fsp3) is 0.400. The Balaban J connectivity index is 3.15. The van der Waals surface area contributed by atoms with Crippen molar-refractivity contribution in [3.8, 4) is 17.2 Å². The van der Waals surface area contributed by atoms with E-state index < -0.39 is 0 Å². The molecule has 4 nitrogen and oxygen atoms in total. The minimum absolute atomic E-state index is 0.0958. The lowest BCUT2D eigenvalue weighted by Gasteiger charge is -2.17. The van der Waals surface area contributed by atoms with E-state index in [-0.39, 0.29) is 29.2 Å². The molecule has 0 aromatic heterocycles. The van der Waals surface area contributed by atoms with Crippen molar-refractivity contribution in [2.45, 2.75) is 19.9 Å². The maximum Gasteiger partial charge on any atom is 0.161 e. The molecule has 0 heterocycles. The Bertz CT molecular complexity index is 336. The molecule has 0 aliphatic rings. The largest absolute Gasteiger partial charge is 0.507 e. The maximum absolute atomic E-state index is 9.48. The third-order valence-corrected chi connectivity index (χ3v) is 2.20. The van der Waals surface area contributed by atoms with Gasteiger partial charge in [-0.2, -0.15) is 0 Å². The van der Waals surface area contributed by atoms with E-state index in [0.29, 0.717) is 5.56 Å². The van der Waals surface area contributed by atoms with Crippen molar-refractivity contribution in [1.82, 2.24) is 0 Å². The Morgan fingerprint density at radius 1 is 1.00 bits per heavy atom. The van der Waals surface area contributed by atoms with Crippen LogP contribution in [0.4, 0.5) is 0 Å². The van der Waals surface area contributed by atoms with Crippen molar-refractivity contribution in [1.29, 1.82) is 0 Å². The molecule has 14 heavy (non-hydrogen) atoms. The number of phenolic OH excluding ortho intramolecular Hbond substituents is 3. The SMILES string of the molecule is CC(C)[C@@H](N)c1cc(O)c(O)cc1O. The van der Waals surface area contributed by atoms with Crippen LogP contribution in [0.3, 0.4) is 0 Å². The summed E-state index contributed by atoms with van der Waals surface area (Å²) in [6, 6.07) is 2.02. The first-order valence-corrected chi connectivity index (χ1v) is 4.44. The first-order chi connectivity index (χ1) is 6.43. The van der Waals surface area contributed by atoms with Crippen LogP contribution in [0.25, 0.3) is 0 Å². The third kappa shape index (κ3) is 1.90. The van der Waals surface area contributed by atoms with Gasteiger partial charge in [0.25, 0.3) is 0 Å².